The third-order valence-electron chi connectivity index (χ3n) is 2.37. The summed E-state index contributed by atoms with van der Waals surface area (Å²) >= 11 is 1.34. The Morgan fingerprint density at radius 3 is 2.50 bits per heavy atom. The Hall–Kier alpha value is -2.28. The molecule has 20 heavy (non-hydrogen) atoms. The van der Waals surface area contributed by atoms with Gasteiger partial charge >= 0.3 is 5.97 Å². The van der Waals surface area contributed by atoms with Gasteiger partial charge in [0.2, 0.25) is 5.13 Å². The van der Waals surface area contributed by atoms with E-state index in [1.54, 1.807) is 24.3 Å². The summed E-state index contributed by atoms with van der Waals surface area (Å²) in [7, 11) is 0. The molecule has 1 aromatic carbocycles. The first-order valence-electron chi connectivity index (χ1n) is 6.00. The molecule has 1 heterocycles. The van der Waals surface area contributed by atoms with Crippen LogP contribution in [0.3, 0.4) is 0 Å². The van der Waals surface area contributed by atoms with E-state index in [2.05, 4.69) is 15.5 Å². The summed E-state index contributed by atoms with van der Waals surface area (Å²) in [6.45, 7) is 3.29. The SMILES string of the molecule is CCc1nnc(NC(=O)c2ccc(OC(C)=O)cc2)s1. The van der Waals surface area contributed by atoms with Crippen molar-refractivity contribution in [1.29, 1.82) is 0 Å². The number of hydrogen-bond donors (Lipinski definition) is 1. The van der Waals surface area contributed by atoms with E-state index in [4.69, 9.17) is 4.74 Å². The van der Waals surface area contributed by atoms with Crippen LogP contribution in [0.15, 0.2) is 24.3 Å². The number of rotatable bonds is 4. The fourth-order valence-electron chi connectivity index (χ4n) is 1.46. The van der Waals surface area contributed by atoms with Crippen molar-refractivity contribution in [3.8, 4) is 5.75 Å². The van der Waals surface area contributed by atoms with E-state index in [0.717, 1.165) is 11.4 Å². The van der Waals surface area contributed by atoms with Crippen molar-refractivity contribution in [3.05, 3.63) is 34.8 Å². The van der Waals surface area contributed by atoms with Crippen LogP contribution in [0.2, 0.25) is 0 Å². The number of aromatic nitrogens is 2. The molecule has 0 unspecified atom stereocenters. The van der Waals surface area contributed by atoms with E-state index >= 15 is 0 Å². The molecule has 0 atom stereocenters. The molecule has 0 radical (unpaired) electrons. The van der Waals surface area contributed by atoms with Crippen LogP contribution in [0.4, 0.5) is 5.13 Å². The number of ether oxygens (including phenoxy) is 1. The van der Waals surface area contributed by atoms with Crippen LogP contribution < -0.4 is 10.1 Å². The summed E-state index contributed by atoms with van der Waals surface area (Å²) < 4.78 is 4.89. The lowest BCUT2D eigenvalue weighted by molar-refractivity contribution is -0.131. The molecule has 0 aliphatic carbocycles. The lowest BCUT2D eigenvalue weighted by atomic mass is 10.2. The van der Waals surface area contributed by atoms with Gasteiger partial charge in [0.1, 0.15) is 10.8 Å². The predicted molar refractivity (Wildman–Crippen MR) is 75.0 cm³/mol. The summed E-state index contributed by atoms with van der Waals surface area (Å²) in [5, 5.41) is 11.8. The molecule has 2 rings (SSSR count). The van der Waals surface area contributed by atoms with Crippen LogP contribution in [0.5, 0.6) is 5.75 Å². The summed E-state index contributed by atoms with van der Waals surface area (Å²) in [5.41, 5.74) is 0.453. The minimum absolute atomic E-state index is 0.279. The fourth-order valence-corrected chi connectivity index (χ4v) is 2.13. The molecule has 0 aliphatic rings. The first-order chi connectivity index (χ1) is 9.58. The van der Waals surface area contributed by atoms with E-state index in [9.17, 15) is 9.59 Å². The van der Waals surface area contributed by atoms with Gasteiger partial charge in [-0.1, -0.05) is 18.3 Å². The van der Waals surface area contributed by atoms with Gasteiger partial charge < -0.3 is 4.74 Å². The lowest BCUT2D eigenvalue weighted by Crippen LogP contribution is -2.11. The fraction of sp³-hybridized carbons (Fsp3) is 0.231. The first kappa shape index (κ1) is 14.1. The molecule has 104 valence electrons. The molecular formula is C13H13N3O3S. The number of aryl methyl sites for hydroxylation is 1. The van der Waals surface area contributed by atoms with Gasteiger partial charge in [-0.05, 0) is 30.7 Å². The predicted octanol–water partition coefficient (Wildman–Crippen LogP) is 2.28. The Morgan fingerprint density at radius 1 is 1.25 bits per heavy atom. The highest BCUT2D eigenvalue weighted by Crippen LogP contribution is 2.17. The quantitative estimate of drug-likeness (QED) is 0.690. The van der Waals surface area contributed by atoms with Gasteiger partial charge in [0.15, 0.2) is 0 Å². The van der Waals surface area contributed by atoms with Crippen molar-refractivity contribution in [1.82, 2.24) is 10.2 Å². The second-order valence-corrected chi connectivity index (χ2v) is 4.99. The number of hydrogen-bond acceptors (Lipinski definition) is 6. The normalized spacial score (nSPS) is 10.1. The van der Waals surface area contributed by atoms with Crippen LogP contribution in [0.25, 0.3) is 0 Å². The molecule has 2 aromatic rings. The molecule has 0 saturated heterocycles. The highest BCUT2D eigenvalue weighted by Gasteiger charge is 2.10. The molecule has 0 spiro atoms. The molecule has 0 fully saturated rings. The highest BCUT2D eigenvalue weighted by atomic mass is 32.1. The first-order valence-corrected chi connectivity index (χ1v) is 6.82. The third-order valence-corrected chi connectivity index (χ3v) is 3.35. The van der Waals surface area contributed by atoms with Gasteiger partial charge in [-0.2, -0.15) is 0 Å². The van der Waals surface area contributed by atoms with Gasteiger partial charge in [0.25, 0.3) is 5.91 Å². The van der Waals surface area contributed by atoms with Crippen LogP contribution in [0, 0.1) is 0 Å². The van der Waals surface area contributed by atoms with E-state index in [0.29, 0.717) is 16.4 Å². The van der Waals surface area contributed by atoms with Crippen molar-refractivity contribution in [3.63, 3.8) is 0 Å². The third kappa shape index (κ3) is 3.61. The minimum atomic E-state index is -0.400. The second kappa shape index (κ2) is 6.25. The summed E-state index contributed by atoms with van der Waals surface area (Å²) in [6, 6.07) is 6.28. The van der Waals surface area contributed by atoms with Gasteiger partial charge in [0.05, 0.1) is 0 Å². The zero-order valence-electron chi connectivity index (χ0n) is 11.0. The number of benzene rings is 1. The number of nitrogens with zero attached hydrogens (tertiary/aromatic N) is 2. The molecule has 1 amide bonds. The van der Waals surface area contributed by atoms with Crippen molar-refractivity contribution < 1.29 is 14.3 Å². The van der Waals surface area contributed by atoms with Crippen molar-refractivity contribution >= 4 is 28.3 Å². The summed E-state index contributed by atoms with van der Waals surface area (Å²) in [6.07, 6.45) is 0.782. The van der Waals surface area contributed by atoms with E-state index in [1.807, 2.05) is 6.92 Å². The molecule has 1 N–H and O–H groups in total. The second-order valence-electron chi connectivity index (χ2n) is 3.93. The maximum atomic E-state index is 12.0. The lowest BCUT2D eigenvalue weighted by Gasteiger charge is -2.03. The van der Waals surface area contributed by atoms with Crippen LogP contribution in [-0.4, -0.2) is 22.1 Å². The Bertz CT molecular complexity index is 622. The molecule has 6 nitrogen and oxygen atoms in total. The molecule has 1 aromatic heterocycles. The topological polar surface area (TPSA) is 81.2 Å². The number of amides is 1. The number of esters is 1. The highest BCUT2D eigenvalue weighted by molar-refractivity contribution is 7.15. The Kier molecular flexibility index (Phi) is 4.41. The Morgan fingerprint density at radius 2 is 1.95 bits per heavy atom. The molecular weight excluding hydrogens is 278 g/mol. The van der Waals surface area contributed by atoms with Crippen molar-refractivity contribution in [2.45, 2.75) is 20.3 Å². The van der Waals surface area contributed by atoms with Gasteiger partial charge in [-0.3, -0.25) is 14.9 Å². The van der Waals surface area contributed by atoms with Crippen molar-refractivity contribution in [2.24, 2.45) is 0 Å². The Labute approximate surface area is 119 Å². The number of nitrogens with one attached hydrogen (secondary N) is 1. The Balaban J connectivity index is 2.03. The largest absolute Gasteiger partial charge is 0.427 e. The summed E-state index contributed by atoms with van der Waals surface area (Å²) in [4.78, 5) is 22.8. The molecule has 7 heteroatoms. The van der Waals surface area contributed by atoms with Gasteiger partial charge in [-0.15, -0.1) is 10.2 Å². The maximum absolute atomic E-state index is 12.0. The summed E-state index contributed by atoms with van der Waals surface area (Å²) in [5.74, 6) is -0.278. The zero-order chi connectivity index (χ0) is 14.5. The molecule has 0 aliphatic heterocycles. The zero-order valence-corrected chi connectivity index (χ0v) is 11.9. The van der Waals surface area contributed by atoms with Crippen molar-refractivity contribution in [2.75, 3.05) is 5.32 Å². The van der Waals surface area contributed by atoms with E-state index < -0.39 is 5.97 Å². The maximum Gasteiger partial charge on any atom is 0.308 e. The average molecular weight is 291 g/mol. The smallest absolute Gasteiger partial charge is 0.308 e. The number of carbonyl (C=O) groups excluding carboxylic acids is 2. The monoisotopic (exact) mass is 291 g/mol. The number of anilines is 1. The molecule has 0 saturated carbocycles. The molecule has 0 bridgehead atoms. The van der Waals surface area contributed by atoms with E-state index in [1.165, 1.54) is 18.3 Å². The average Bonchev–Trinajstić information content (AvgIpc) is 2.86. The minimum Gasteiger partial charge on any atom is -0.427 e. The standard InChI is InChI=1S/C13H13N3O3S/c1-3-11-15-16-13(20-11)14-12(18)9-4-6-10(7-5-9)19-8(2)17/h4-7H,3H2,1-2H3,(H,14,16,18). The van der Waals surface area contributed by atoms with Crippen LogP contribution in [-0.2, 0) is 11.2 Å². The number of carbonyl (C=O) groups is 2. The van der Waals surface area contributed by atoms with E-state index in [-0.39, 0.29) is 5.91 Å². The van der Waals surface area contributed by atoms with Crippen LogP contribution >= 0.6 is 11.3 Å². The van der Waals surface area contributed by atoms with Gasteiger partial charge in [-0.25, -0.2) is 0 Å². The van der Waals surface area contributed by atoms with Gasteiger partial charge in [0, 0.05) is 12.5 Å². The van der Waals surface area contributed by atoms with Crippen LogP contribution in [0.1, 0.15) is 29.2 Å².